The minimum atomic E-state index is -0.404. The van der Waals surface area contributed by atoms with Crippen molar-refractivity contribution in [3.05, 3.63) is 27.4 Å². The first-order chi connectivity index (χ1) is 9.60. The average molecular weight is 364 g/mol. The number of hydrogen-bond acceptors (Lipinski definition) is 2. The SMILES string of the molecule is NNC(=NC1CCCCC1)Nc1c(Cl)cc(F)cc1Br. The number of guanidine groups is 1. The third kappa shape index (κ3) is 4.07. The van der Waals surface area contributed by atoms with E-state index in [2.05, 4.69) is 31.7 Å². The Morgan fingerprint density at radius 3 is 2.65 bits per heavy atom. The molecule has 0 atom stereocenters. The minimum absolute atomic E-state index is 0.264. The van der Waals surface area contributed by atoms with E-state index in [0.717, 1.165) is 12.8 Å². The molecule has 0 aromatic heterocycles. The molecule has 1 fully saturated rings. The smallest absolute Gasteiger partial charge is 0.210 e. The summed E-state index contributed by atoms with van der Waals surface area (Å²) in [5.41, 5.74) is 3.07. The van der Waals surface area contributed by atoms with Gasteiger partial charge in [0.05, 0.1) is 16.8 Å². The second kappa shape index (κ2) is 7.24. The summed E-state index contributed by atoms with van der Waals surface area (Å²) in [6.07, 6.45) is 5.76. The maximum Gasteiger partial charge on any atom is 0.210 e. The molecule has 1 aliphatic carbocycles. The van der Waals surface area contributed by atoms with E-state index in [1.165, 1.54) is 31.4 Å². The third-order valence-corrected chi connectivity index (χ3v) is 4.20. The summed E-state index contributed by atoms with van der Waals surface area (Å²) in [6, 6.07) is 2.84. The number of hydrazine groups is 1. The highest BCUT2D eigenvalue weighted by molar-refractivity contribution is 9.10. The van der Waals surface area contributed by atoms with Gasteiger partial charge in [0.2, 0.25) is 5.96 Å². The van der Waals surface area contributed by atoms with Crippen molar-refractivity contribution in [1.82, 2.24) is 5.43 Å². The van der Waals surface area contributed by atoms with Crippen molar-refractivity contribution in [3.8, 4) is 0 Å². The van der Waals surface area contributed by atoms with Gasteiger partial charge in [-0.3, -0.25) is 5.43 Å². The van der Waals surface area contributed by atoms with Crippen LogP contribution in [-0.4, -0.2) is 12.0 Å². The van der Waals surface area contributed by atoms with Crippen LogP contribution in [0.5, 0.6) is 0 Å². The Hall–Kier alpha value is -0.850. The molecule has 4 N–H and O–H groups in total. The lowest BCUT2D eigenvalue weighted by Gasteiger charge is -2.20. The van der Waals surface area contributed by atoms with E-state index in [4.69, 9.17) is 17.4 Å². The second-order valence-corrected chi connectivity index (χ2v) is 6.04. The number of aliphatic imine (C=N–C) groups is 1. The summed E-state index contributed by atoms with van der Waals surface area (Å²) in [7, 11) is 0. The molecule has 1 aliphatic rings. The highest BCUT2D eigenvalue weighted by Crippen LogP contribution is 2.31. The standard InChI is InChI=1S/C13H17BrClFN4/c14-10-6-8(16)7-11(15)12(10)19-13(20-17)18-9-4-2-1-3-5-9/h6-7,9H,1-5,17H2,(H2,18,19,20). The van der Waals surface area contributed by atoms with Crippen LogP contribution in [0, 0.1) is 5.82 Å². The van der Waals surface area contributed by atoms with Crippen molar-refractivity contribution < 1.29 is 4.39 Å². The van der Waals surface area contributed by atoms with E-state index >= 15 is 0 Å². The van der Waals surface area contributed by atoms with Crippen molar-refractivity contribution >= 4 is 39.2 Å². The van der Waals surface area contributed by atoms with Gasteiger partial charge in [0, 0.05) is 4.47 Å². The molecule has 0 saturated heterocycles. The molecule has 0 aliphatic heterocycles. The summed E-state index contributed by atoms with van der Waals surface area (Å²) >= 11 is 9.29. The van der Waals surface area contributed by atoms with Crippen LogP contribution in [0.2, 0.25) is 5.02 Å². The highest BCUT2D eigenvalue weighted by Gasteiger charge is 2.15. The molecule has 0 heterocycles. The molecular weight excluding hydrogens is 347 g/mol. The summed E-state index contributed by atoms with van der Waals surface area (Å²) < 4.78 is 13.7. The zero-order valence-electron chi connectivity index (χ0n) is 10.9. The van der Waals surface area contributed by atoms with E-state index in [-0.39, 0.29) is 11.1 Å². The molecule has 4 nitrogen and oxygen atoms in total. The van der Waals surface area contributed by atoms with Crippen molar-refractivity contribution in [1.29, 1.82) is 0 Å². The van der Waals surface area contributed by atoms with Gasteiger partial charge in [-0.25, -0.2) is 15.2 Å². The topological polar surface area (TPSA) is 62.4 Å². The number of rotatable bonds is 2. The zero-order chi connectivity index (χ0) is 14.5. The first-order valence-corrected chi connectivity index (χ1v) is 7.73. The summed E-state index contributed by atoms with van der Waals surface area (Å²) in [6.45, 7) is 0. The number of halogens is 3. The maximum absolute atomic E-state index is 13.2. The van der Waals surface area contributed by atoms with Crippen LogP contribution < -0.4 is 16.6 Å². The first-order valence-electron chi connectivity index (χ1n) is 6.56. The molecule has 0 bridgehead atoms. The number of nitrogens with two attached hydrogens (primary N) is 1. The fraction of sp³-hybridized carbons (Fsp3) is 0.462. The summed E-state index contributed by atoms with van der Waals surface area (Å²) in [5.74, 6) is 5.52. The predicted molar refractivity (Wildman–Crippen MR) is 84.4 cm³/mol. The molecule has 1 aromatic rings. The number of benzene rings is 1. The van der Waals surface area contributed by atoms with E-state index in [1.54, 1.807) is 0 Å². The second-order valence-electron chi connectivity index (χ2n) is 4.78. The number of hydrogen-bond donors (Lipinski definition) is 3. The Bertz CT molecular complexity index is 480. The van der Waals surface area contributed by atoms with Crippen molar-refractivity contribution in [2.45, 2.75) is 38.1 Å². The predicted octanol–water partition coefficient (Wildman–Crippen LogP) is 3.81. The van der Waals surface area contributed by atoms with Gasteiger partial charge in [-0.1, -0.05) is 30.9 Å². The lowest BCUT2D eigenvalue weighted by atomic mass is 9.96. The number of nitrogens with one attached hydrogen (secondary N) is 2. The largest absolute Gasteiger partial charge is 0.323 e. The van der Waals surface area contributed by atoms with Gasteiger partial charge in [-0.05, 0) is 40.9 Å². The van der Waals surface area contributed by atoms with Gasteiger partial charge < -0.3 is 5.32 Å². The normalized spacial score (nSPS) is 17.1. The number of anilines is 1. The van der Waals surface area contributed by atoms with Crippen LogP contribution in [0.3, 0.4) is 0 Å². The van der Waals surface area contributed by atoms with E-state index in [0.29, 0.717) is 16.1 Å². The lowest BCUT2D eigenvalue weighted by Crippen LogP contribution is -2.37. The minimum Gasteiger partial charge on any atom is -0.323 e. The fourth-order valence-corrected chi connectivity index (χ4v) is 3.18. The van der Waals surface area contributed by atoms with Crippen LogP contribution in [0.25, 0.3) is 0 Å². The van der Waals surface area contributed by atoms with Crippen molar-refractivity contribution in [2.24, 2.45) is 10.8 Å². The van der Waals surface area contributed by atoms with Gasteiger partial charge in [0.25, 0.3) is 0 Å². The van der Waals surface area contributed by atoms with Gasteiger partial charge in [-0.2, -0.15) is 0 Å². The quantitative estimate of drug-likeness (QED) is 0.324. The van der Waals surface area contributed by atoms with Crippen LogP contribution in [0.1, 0.15) is 32.1 Å². The Labute approximate surface area is 131 Å². The summed E-state index contributed by atoms with van der Waals surface area (Å²) in [5, 5.41) is 3.28. The highest BCUT2D eigenvalue weighted by atomic mass is 79.9. The van der Waals surface area contributed by atoms with Gasteiger partial charge in [-0.15, -0.1) is 0 Å². The van der Waals surface area contributed by atoms with Crippen LogP contribution in [-0.2, 0) is 0 Å². The average Bonchev–Trinajstić information content (AvgIpc) is 2.42. The maximum atomic E-state index is 13.2. The van der Waals surface area contributed by atoms with Gasteiger partial charge >= 0.3 is 0 Å². The molecule has 0 radical (unpaired) electrons. The van der Waals surface area contributed by atoms with Crippen LogP contribution >= 0.6 is 27.5 Å². The lowest BCUT2D eigenvalue weighted by molar-refractivity contribution is 0.442. The zero-order valence-corrected chi connectivity index (χ0v) is 13.3. The van der Waals surface area contributed by atoms with Crippen LogP contribution in [0.4, 0.5) is 10.1 Å². The molecule has 0 amide bonds. The van der Waals surface area contributed by atoms with E-state index < -0.39 is 5.82 Å². The molecule has 1 aromatic carbocycles. The Balaban J connectivity index is 2.15. The molecule has 0 unspecified atom stereocenters. The molecule has 20 heavy (non-hydrogen) atoms. The first kappa shape index (κ1) is 15.5. The Morgan fingerprint density at radius 1 is 1.35 bits per heavy atom. The van der Waals surface area contributed by atoms with Gasteiger partial charge in [0.1, 0.15) is 5.82 Å². The van der Waals surface area contributed by atoms with Crippen molar-refractivity contribution in [2.75, 3.05) is 5.32 Å². The van der Waals surface area contributed by atoms with E-state index in [9.17, 15) is 4.39 Å². The van der Waals surface area contributed by atoms with E-state index in [1.807, 2.05) is 0 Å². The van der Waals surface area contributed by atoms with Gasteiger partial charge in [0.15, 0.2) is 0 Å². The summed E-state index contributed by atoms with van der Waals surface area (Å²) in [4.78, 5) is 4.55. The van der Waals surface area contributed by atoms with Crippen LogP contribution in [0.15, 0.2) is 21.6 Å². The molecule has 0 spiro atoms. The Kier molecular flexibility index (Phi) is 5.63. The Morgan fingerprint density at radius 2 is 2.05 bits per heavy atom. The monoisotopic (exact) mass is 362 g/mol. The third-order valence-electron chi connectivity index (χ3n) is 3.27. The fourth-order valence-electron chi connectivity index (χ4n) is 2.28. The van der Waals surface area contributed by atoms with Crippen molar-refractivity contribution in [3.63, 3.8) is 0 Å². The molecule has 110 valence electrons. The molecule has 7 heteroatoms. The molecular formula is C13H17BrClFN4. The molecule has 1 saturated carbocycles. The molecule has 2 rings (SSSR count). The number of nitrogens with zero attached hydrogens (tertiary/aromatic N) is 1.